The molecule has 2 aromatic rings. The Hall–Kier alpha value is -2.84. The minimum Gasteiger partial charge on any atom is -0.399 e. The number of carbonyl (C=O) groups is 2. The smallest absolute Gasteiger partial charge is 0.251 e. The fraction of sp³-hybridized carbons (Fsp3) is 0.520. The molecule has 1 aliphatic rings. The maximum Gasteiger partial charge on any atom is 0.251 e. The third-order valence-corrected chi connectivity index (χ3v) is 5.79. The maximum atomic E-state index is 12.3. The van der Waals surface area contributed by atoms with Gasteiger partial charge in [-0.2, -0.15) is 0 Å². The fourth-order valence-corrected chi connectivity index (χ4v) is 3.90. The number of aliphatic hydroxyl groups is 3. The number of carbonyl (C=O) groups excluding carboxylic acids is 2. The minimum atomic E-state index is -1.37. The van der Waals surface area contributed by atoms with Crippen molar-refractivity contribution in [1.82, 2.24) is 10.6 Å². The molecule has 12 nitrogen and oxygen atoms in total. The number of nitrogen functional groups attached to an aromatic ring is 1. The van der Waals surface area contributed by atoms with Gasteiger partial charge in [-0.05, 0) is 35.0 Å². The van der Waals surface area contributed by atoms with E-state index in [0.717, 1.165) is 10.8 Å². The van der Waals surface area contributed by atoms with E-state index in [1.165, 1.54) is 6.92 Å². The molecule has 2 amide bonds. The van der Waals surface area contributed by atoms with Crippen LogP contribution in [0.25, 0.3) is 10.8 Å². The van der Waals surface area contributed by atoms with Gasteiger partial charge in [0.15, 0.2) is 6.29 Å². The number of nitrogens with one attached hydrogen (secondary N) is 2. The molecular weight excluding hydrogens is 486 g/mol. The average Bonchev–Trinajstić information content (AvgIpc) is 2.88. The zero-order chi connectivity index (χ0) is 26.8. The Labute approximate surface area is 214 Å². The first-order valence-corrected chi connectivity index (χ1v) is 12.0. The summed E-state index contributed by atoms with van der Waals surface area (Å²) in [7, 11) is 0. The highest BCUT2D eigenvalue weighted by molar-refractivity contribution is 5.99. The summed E-state index contributed by atoms with van der Waals surface area (Å²) in [5.41, 5.74) is 7.00. The summed E-state index contributed by atoms with van der Waals surface area (Å²) in [6, 6.07) is 9.94. The molecule has 0 bridgehead atoms. The van der Waals surface area contributed by atoms with Gasteiger partial charge in [-0.1, -0.05) is 12.1 Å². The largest absolute Gasteiger partial charge is 0.399 e. The quantitative estimate of drug-likeness (QED) is 0.143. The molecule has 12 heteroatoms. The predicted octanol–water partition coefficient (Wildman–Crippen LogP) is -0.855. The average molecular weight is 522 g/mol. The van der Waals surface area contributed by atoms with Gasteiger partial charge < -0.3 is 50.6 Å². The van der Waals surface area contributed by atoms with Crippen molar-refractivity contribution in [2.24, 2.45) is 0 Å². The fourth-order valence-electron chi connectivity index (χ4n) is 3.90. The summed E-state index contributed by atoms with van der Waals surface area (Å²) in [6.45, 7) is 2.25. The van der Waals surface area contributed by atoms with Crippen LogP contribution in [-0.4, -0.2) is 104 Å². The lowest BCUT2D eigenvalue weighted by Crippen LogP contribution is -2.64. The number of nitrogens with two attached hydrogens (primary N) is 1. The number of hydrogen-bond donors (Lipinski definition) is 6. The highest BCUT2D eigenvalue weighted by atomic mass is 16.7. The predicted molar refractivity (Wildman–Crippen MR) is 134 cm³/mol. The number of ether oxygens (including phenoxy) is 4. The molecule has 0 aliphatic carbocycles. The monoisotopic (exact) mass is 521 g/mol. The molecule has 1 heterocycles. The lowest BCUT2D eigenvalue weighted by atomic mass is 9.97. The van der Waals surface area contributed by atoms with Gasteiger partial charge in [0.05, 0.1) is 39.6 Å². The van der Waals surface area contributed by atoms with Gasteiger partial charge in [0.2, 0.25) is 5.91 Å². The molecule has 204 valence electrons. The number of amides is 2. The van der Waals surface area contributed by atoms with Gasteiger partial charge in [-0.15, -0.1) is 0 Å². The first-order chi connectivity index (χ1) is 17.8. The molecule has 2 aromatic carbocycles. The van der Waals surface area contributed by atoms with E-state index in [1.807, 2.05) is 24.3 Å². The van der Waals surface area contributed by atoms with Crippen molar-refractivity contribution in [2.75, 3.05) is 51.9 Å². The lowest BCUT2D eigenvalue weighted by molar-refractivity contribution is -0.272. The van der Waals surface area contributed by atoms with E-state index in [2.05, 4.69) is 10.6 Å². The van der Waals surface area contributed by atoms with Crippen molar-refractivity contribution >= 4 is 28.3 Å². The highest BCUT2D eigenvalue weighted by Crippen LogP contribution is 2.22. The number of rotatable bonds is 13. The van der Waals surface area contributed by atoms with E-state index in [-0.39, 0.29) is 25.7 Å². The van der Waals surface area contributed by atoms with Gasteiger partial charge in [0.1, 0.15) is 24.4 Å². The third-order valence-electron chi connectivity index (χ3n) is 5.79. The van der Waals surface area contributed by atoms with Gasteiger partial charge in [0.25, 0.3) is 5.91 Å². The van der Waals surface area contributed by atoms with Crippen molar-refractivity contribution in [2.45, 2.75) is 37.6 Å². The Morgan fingerprint density at radius 3 is 2.38 bits per heavy atom. The Kier molecular flexibility index (Phi) is 11.0. The Morgan fingerprint density at radius 1 is 0.973 bits per heavy atom. The second-order valence-corrected chi connectivity index (χ2v) is 8.61. The van der Waals surface area contributed by atoms with Crippen molar-refractivity contribution in [3.63, 3.8) is 0 Å². The number of aliphatic hydroxyl groups excluding tert-OH is 3. The van der Waals surface area contributed by atoms with Crippen molar-refractivity contribution in [3.8, 4) is 0 Å². The van der Waals surface area contributed by atoms with Crippen LogP contribution in [0.2, 0.25) is 0 Å². The van der Waals surface area contributed by atoms with E-state index in [9.17, 15) is 24.9 Å². The molecular formula is C25H35N3O9. The highest BCUT2D eigenvalue weighted by Gasteiger charge is 2.45. The van der Waals surface area contributed by atoms with Gasteiger partial charge >= 0.3 is 0 Å². The van der Waals surface area contributed by atoms with Crippen LogP contribution in [0.5, 0.6) is 0 Å². The van der Waals surface area contributed by atoms with Gasteiger partial charge in [-0.3, -0.25) is 9.59 Å². The van der Waals surface area contributed by atoms with Gasteiger partial charge in [-0.25, -0.2) is 0 Å². The Bertz CT molecular complexity index is 1040. The minimum absolute atomic E-state index is 0.0795. The van der Waals surface area contributed by atoms with Crippen molar-refractivity contribution in [3.05, 3.63) is 42.0 Å². The van der Waals surface area contributed by atoms with E-state index >= 15 is 0 Å². The molecule has 0 radical (unpaired) electrons. The van der Waals surface area contributed by atoms with Crippen molar-refractivity contribution < 1.29 is 43.9 Å². The van der Waals surface area contributed by atoms with Crippen LogP contribution in [0, 0.1) is 0 Å². The van der Waals surface area contributed by atoms with E-state index in [1.54, 1.807) is 12.1 Å². The lowest BCUT2D eigenvalue weighted by Gasteiger charge is -2.42. The Balaban J connectivity index is 1.27. The molecule has 3 rings (SSSR count). The van der Waals surface area contributed by atoms with Crippen LogP contribution in [0.3, 0.4) is 0 Å². The number of fused-ring (bicyclic) bond motifs is 1. The van der Waals surface area contributed by atoms with E-state index < -0.39 is 43.2 Å². The molecule has 7 N–H and O–H groups in total. The Morgan fingerprint density at radius 2 is 1.65 bits per heavy atom. The first kappa shape index (κ1) is 28.7. The standard InChI is InChI=1S/C25H35N3O9/c1-15(30)28-21-23(32)22(31)20(14-29)37-25(21)36-11-10-35-9-8-34-7-6-27-24(33)18-3-2-17-13-19(26)5-4-16(17)12-18/h2-5,12-13,20-23,25,29,31-32H,6-11,14,26H2,1H3,(H,27,33)(H,28,30)/t20?,21?,22-,23+,25+/m0/s1. The number of anilines is 1. The summed E-state index contributed by atoms with van der Waals surface area (Å²) in [5.74, 6) is -0.623. The molecule has 1 saturated heterocycles. The van der Waals surface area contributed by atoms with Gasteiger partial charge in [0, 0.05) is 24.7 Å². The number of hydrogen-bond acceptors (Lipinski definition) is 10. The third kappa shape index (κ3) is 8.33. The number of benzene rings is 2. The SMILES string of the molecule is CC(=O)NC1[C@H](OCCOCCOCCNC(=O)c2ccc3cc(N)ccc3c2)OC(CO)[C@H](O)[C@@H]1O. The molecule has 0 aromatic heterocycles. The van der Waals surface area contributed by atoms with E-state index in [0.29, 0.717) is 31.0 Å². The summed E-state index contributed by atoms with van der Waals surface area (Å²) in [6.07, 6.45) is -4.84. The topological polar surface area (TPSA) is 182 Å². The second-order valence-electron chi connectivity index (χ2n) is 8.61. The molecule has 2 unspecified atom stereocenters. The zero-order valence-electron chi connectivity index (χ0n) is 20.7. The molecule has 1 aliphatic heterocycles. The summed E-state index contributed by atoms with van der Waals surface area (Å²) in [4.78, 5) is 23.8. The molecule has 0 saturated carbocycles. The summed E-state index contributed by atoms with van der Waals surface area (Å²) >= 11 is 0. The van der Waals surface area contributed by atoms with E-state index in [4.69, 9.17) is 24.7 Å². The van der Waals surface area contributed by atoms with Crippen LogP contribution in [0.4, 0.5) is 5.69 Å². The van der Waals surface area contributed by atoms with Crippen LogP contribution in [0.1, 0.15) is 17.3 Å². The first-order valence-electron chi connectivity index (χ1n) is 12.0. The zero-order valence-corrected chi connectivity index (χ0v) is 20.7. The molecule has 5 atom stereocenters. The molecule has 0 spiro atoms. The maximum absolute atomic E-state index is 12.3. The summed E-state index contributed by atoms with van der Waals surface area (Å²) < 4.78 is 21.9. The normalized spacial score (nSPS) is 23.6. The van der Waals surface area contributed by atoms with Crippen LogP contribution in [-0.2, 0) is 23.7 Å². The second kappa shape index (κ2) is 14.2. The molecule has 37 heavy (non-hydrogen) atoms. The molecule has 1 fully saturated rings. The van der Waals surface area contributed by atoms with Crippen LogP contribution >= 0.6 is 0 Å². The van der Waals surface area contributed by atoms with Crippen molar-refractivity contribution in [1.29, 1.82) is 0 Å². The van der Waals surface area contributed by atoms with Crippen LogP contribution < -0.4 is 16.4 Å². The van der Waals surface area contributed by atoms with Crippen LogP contribution in [0.15, 0.2) is 36.4 Å². The summed E-state index contributed by atoms with van der Waals surface area (Å²) in [5, 5.41) is 36.8.